The Kier molecular flexibility index (Phi) is 5.32. The monoisotopic (exact) mass is 409 g/mol. The van der Waals surface area contributed by atoms with Gasteiger partial charge >= 0.3 is 5.97 Å². The fourth-order valence-corrected chi connectivity index (χ4v) is 4.70. The SMILES string of the molecule is COc1ccc2c(c1Cl)c(CC(=O)O)c(C)n2C(=O)c1csc(SC)c1. The largest absolute Gasteiger partial charge is 0.495 e. The van der Waals surface area contributed by atoms with Gasteiger partial charge in [-0.3, -0.25) is 14.2 Å². The molecule has 0 bridgehead atoms. The van der Waals surface area contributed by atoms with E-state index in [1.807, 2.05) is 12.3 Å². The minimum atomic E-state index is -0.987. The predicted molar refractivity (Wildman–Crippen MR) is 105 cm³/mol. The summed E-state index contributed by atoms with van der Waals surface area (Å²) in [7, 11) is 1.49. The Bertz CT molecular complexity index is 1020. The number of rotatable bonds is 5. The minimum absolute atomic E-state index is 0.207. The van der Waals surface area contributed by atoms with Crippen LogP contribution in [0, 0.1) is 6.92 Å². The van der Waals surface area contributed by atoms with E-state index in [1.54, 1.807) is 36.2 Å². The number of methoxy groups -OCH3 is 1. The van der Waals surface area contributed by atoms with Crippen LogP contribution in [0.2, 0.25) is 5.02 Å². The van der Waals surface area contributed by atoms with Gasteiger partial charge in [-0.2, -0.15) is 0 Å². The van der Waals surface area contributed by atoms with Crippen molar-refractivity contribution in [2.24, 2.45) is 0 Å². The van der Waals surface area contributed by atoms with Crippen LogP contribution >= 0.6 is 34.7 Å². The fourth-order valence-electron chi connectivity index (χ4n) is 2.97. The zero-order valence-electron chi connectivity index (χ0n) is 14.3. The van der Waals surface area contributed by atoms with Gasteiger partial charge in [-0.05, 0) is 36.9 Å². The van der Waals surface area contributed by atoms with Crippen LogP contribution in [0.4, 0.5) is 0 Å². The quantitative estimate of drug-likeness (QED) is 0.618. The second kappa shape index (κ2) is 7.34. The number of thioether (sulfide) groups is 1. The molecule has 136 valence electrons. The van der Waals surface area contributed by atoms with Crippen LogP contribution in [0.1, 0.15) is 21.6 Å². The maximum absolute atomic E-state index is 13.1. The Hall–Kier alpha value is -1.96. The number of carboxylic acids is 1. The number of thiophene rings is 1. The molecule has 1 N–H and O–H groups in total. The van der Waals surface area contributed by atoms with Crippen molar-refractivity contribution in [3.8, 4) is 5.75 Å². The van der Waals surface area contributed by atoms with Gasteiger partial charge in [-0.1, -0.05) is 11.6 Å². The Balaban J connectivity index is 2.28. The molecule has 0 amide bonds. The van der Waals surface area contributed by atoms with Crippen LogP contribution in [-0.2, 0) is 11.2 Å². The Morgan fingerprint density at radius 3 is 2.69 bits per heavy atom. The minimum Gasteiger partial charge on any atom is -0.495 e. The van der Waals surface area contributed by atoms with E-state index >= 15 is 0 Å². The average molecular weight is 410 g/mol. The highest BCUT2D eigenvalue weighted by atomic mass is 35.5. The van der Waals surface area contributed by atoms with Crippen molar-refractivity contribution in [1.29, 1.82) is 0 Å². The van der Waals surface area contributed by atoms with Crippen molar-refractivity contribution < 1.29 is 19.4 Å². The molecule has 0 spiro atoms. The lowest BCUT2D eigenvalue weighted by Gasteiger charge is -2.07. The van der Waals surface area contributed by atoms with E-state index in [9.17, 15) is 14.7 Å². The van der Waals surface area contributed by atoms with Gasteiger partial charge in [0.1, 0.15) is 5.75 Å². The van der Waals surface area contributed by atoms with Gasteiger partial charge in [-0.25, -0.2) is 0 Å². The summed E-state index contributed by atoms with van der Waals surface area (Å²) in [4.78, 5) is 24.5. The number of carbonyl (C=O) groups is 2. The maximum atomic E-state index is 13.1. The molecule has 3 aromatic rings. The number of benzene rings is 1. The molecule has 0 aliphatic carbocycles. The molecule has 0 saturated heterocycles. The number of carboxylic acid groups (broad SMARTS) is 1. The Labute approximate surface area is 163 Å². The molecule has 0 radical (unpaired) electrons. The fraction of sp³-hybridized carbons (Fsp3) is 0.222. The van der Waals surface area contributed by atoms with Crippen LogP contribution < -0.4 is 4.74 Å². The van der Waals surface area contributed by atoms with Gasteiger partial charge in [0.15, 0.2) is 0 Å². The van der Waals surface area contributed by atoms with Crippen LogP contribution in [0.25, 0.3) is 10.9 Å². The summed E-state index contributed by atoms with van der Waals surface area (Å²) in [6, 6.07) is 5.25. The van der Waals surface area contributed by atoms with Crippen molar-refractivity contribution >= 4 is 57.5 Å². The Morgan fingerprint density at radius 1 is 1.38 bits per heavy atom. The molecule has 2 aromatic heterocycles. The molecular weight excluding hydrogens is 394 g/mol. The number of hydrogen-bond donors (Lipinski definition) is 1. The van der Waals surface area contributed by atoms with Gasteiger partial charge in [0.25, 0.3) is 5.91 Å². The average Bonchev–Trinajstić information content (AvgIpc) is 3.18. The molecule has 3 rings (SSSR count). The summed E-state index contributed by atoms with van der Waals surface area (Å²) >= 11 is 9.52. The molecule has 1 aromatic carbocycles. The molecule has 26 heavy (non-hydrogen) atoms. The summed E-state index contributed by atoms with van der Waals surface area (Å²) in [5.41, 5.74) is 2.23. The van der Waals surface area contributed by atoms with Crippen molar-refractivity contribution in [1.82, 2.24) is 4.57 Å². The number of hydrogen-bond acceptors (Lipinski definition) is 5. The van der Waals surface area contributed by atoms with E-state index in [0.717, 1.165) is 4.21 Å². The standard InChI is InChI=1S/C18H16ClNO4S2/c1-9-11(7-14(21)22)16-12(4-5-13(24-2)17(16)19)20(9)18(23)10-6-15(25-3)26-8-10/h4-6,8H,7H2,1-3H3,(H,21,22). The van der Waals surface area contributed by atoms with Crippen molar-refractivity contribution in [2.75, 3.05) is 13.4 Å². The number of fused-ring (bicyclic) bond motifs is 1. The predicted octanol–water partition coefficient (Wildman–Crippen LogP) is 4.71. The molecule has 0 fully saturated rings. The molecule has 0 unspecified atom stereocenters. The van der Waals surface area contributed by atoms with Crippen LogP contribution in [0.3, 0.4) is 0 Å². The lowest BCUT2D eigenvalue weighted by atomic mass is 10.1. The molecule has 2 heterocycles. The van der Waals surface area contributed by atoms with Gasteiger partial charge in [0.05, 0.1) is 33.8 Å². The van der Waals surface area contributed by atoms with Crippen LogP contribution in [0.5, 0.6) is 5.75 Å². The summed E-state index contributed by atoms with van der Waals surface area (Å²) in [6.07, 6.45) is 1.72. The molecule has 0 atom stereocenters. The number of halogens is 1. The molecule has 5 nitrogen and oxygen atoms in total. The van der Waals surface area contributed by atoms with Gasteiger partial charge in [-0.15, -0.1) is 23.1 Å². The second-order valence-electron chi connectivity index (χ2n) is 5.61. The van der Waals surface area contributed by atoms with Crippen LogP contribution in [-0.4, -0.2) is 34.9 Å². The van der Waals surface area contributed by atoms with Gasteiger partial charge < -0.3 is 9.84 Å². The Morgan fingerprint density at radius 2 is 2.12 bits per heavy atom. The first-order chi connectivity index (χ1) is 12.4. The number of aliphatic carboxylic acids is 1. The third kappa shape index (κ3) is 3.11. The van der Waals surface area contributed by atoms with E-state index in [2.05, 4.69) is 0 Å². The number of nitrogens with zero attached hydrogens (tertiary/aromatic N) is 1. The van der Waals surface area contributed by atoms with Crippen molar-refractivity contribution in [3.63, 3.8) is 0 Å². The van der Waals surface area contributed by atoms with Crippen molar-refractivity contribution in [2.45, 2.75) is 17.6 Å². The number of carbonyl (C=O) groups excluding carboxylic acids is 1. The lowest BCUT2D eigenvalue weighted by Crippen LogP contribution is -2.13. The molecule has 0 aliphatic rings. The van der Waals surface area contributed by atoms with E-state index in [1.165, 1.54) is 23.0 Å². The first-order valence-electron chi connectivity index (χ1n) is 7.64. The highest BCUT2D eigenvalue weighted by molar-refractivity contribution is 8.00. The topological polar surface area (TPSA) is 68.5 Å². The highest BCUT2D eigenvalue weighted by Crippen LogP contribution is 2.38. The molecule has 8 heteroatoms. The van der Waals surface area contributed by atoms with Gasteiger partial charge in [0, 0.05) is 16.5 Å². The van der Waals surface area contributed by atoms with Gasteiger partial charge in [0.2, 0.25) is 0 Å². The summed E-state index contributed by atoms with van der Waals surface area (Å²) in [5, 5.41) is 12.0. The summed E-state index contributed by atoms with van der Waals surface area (Å²) < 4.78 is 7.82. The van der Waals surface area contributed by atoms with Crippen molar-refractivity contribution in [3.05, 3.63) is 45.4 Å². The third-order valence-electron chi connectivity index (χ3n) is 4.17. The molecule has 0 aliphatic heterocycles. The zero-order chi connectivity index (χ0) is 19.0. The highest BCUT2D eigenvalue weighted by Gasteiger charge is 2.24. The normalized spacial score (nSPS) is 11.1. The molecular formula is C18H16ClNO4S2. The summed E-state index contributed by atoms with van der Waals surface area (Å²) in [5.74, 6) is -0.754. The van der Waals surface area contributed by atoms with E-state index in [-0.39, 0.29) is 12.3 Å². The van der Waals surface area contributed by atoms with Crippen LogP contribution in [0.15, 0.2) is 27.8 Å². The molecule has 0 saturated carbocycles. The first-order valence-corrected chi connectivity index (χ1v) is 10.1. The van der Waals surface area contributed by atoms with E-state index in [4.69, 9.17) is 16.3 Å². The third-order valence-corrected chi connectivity index (χ3v) is 6.58. The number of aromatic nitrogens is 1. The van der Waals surface area contributed by atoms with E-state index in [0.29, 0.717) is 38.5 Å². The maximum Gasteiger partial charge on any atom is 0.307 e. The lowest BCUT2D eigenvalue weighted by molar-refractivity contribution is -0.136. The summed E-state index contributed by atoms with van der Waals surface area (Å²) in [6.45, 7) is 1.74. The first kappa shape index (κ1) is 18.8. The zero-order valence-corrected chi connectivity index (χ0v) is 16.7. The number of ether oxygens (including phenoxy) is 1. The second-order valence-corrected chi connectivity index (χ2v) is 8.01. The smallest absolute Gasteiger partial charge is 0.307 e. The van der Waals surface area contributed by atoms with E-state index < -0.39 is 5.97 Å².